The maximum absolute atomic E-state index is 13.0. The van der Waals surface area contributed by atoms with Gasteiger partial charge in [-0.3, -0.25) is 24.1 Å². The maximum Gasteiger partial charge on any atom is 0.294 e. The zero-order valence-electron chi connectivity index (χ0n) is 19.7. The van der Waals surface area contributed by atoms with Gasteiger partial charge in [0.15, 0.2) is 6.61 Å². The molecule has 0 spiro atoms. The molecule has 37 heavy (non-hydrogen) atoms. The summed E-state index contributed by atoms with van der Waals surface area (Å²) in [6.45, 7) is 1.29. The van der Waals surface area contributed by atoms with E-state index >= 15 is 0 Å². The minimum Gasteiger partial charge on any atom is -0.484 e. The number of hydrogen-bond acceptors (Lipinski definition) is 6. The van der Waals surface area contributed by atoms with Crippen LogP contribution in [0.1, 0.15) is 11.1 Å². The summed E-state index contributed by atoms with van der Waals surface area (Å²) < 4.78 is 18.4. The van der Waals surface area contributed by atoms with E-state index in [-0.39, 0.29) is 18.1 Å². The summed E-state index contributed by atoms with van der Waals surface area (Å²) in [6, 6.07) is 19.1. The second kappa shape index (κ2) is 11.5. The third-order valence-corrected chi connectivity index (χ3v) is 6.09. The first-order valence-corrected chi connectivity index (χ1v) is 12.0. The van der Waals surface area contributed by atoms with Crippen LogP contribution in [-0.4, -0.2) is 41.0 Å². The fraction of sp³-hybridized carbons (Fsp3) is 0.111. The van der Waals surface area contributed by atoms with Crippen LogP contribution in [0.4, 0.5) is 20.6 Å². The minimum atomic E-state index is -0.549. The van der Waals surface area contributed by atoms with E-state index < -0.39 is 28.8 Å². The summed E-state index contributed by atoms with van der Waals surface area (Å²) in [5, 5.41) is 4.74. The molecule has 0 bridgehead atoms. The molecule has 0 aliphatic carbocycles. The Labute approximate surface area is 216 Å². The molecule has 188 valence electrons. The Morgan fingerprint density at radius 2 is 1.49 bits per heavy atom. The van der Waals surface area contributed by atoms with Crippen molar-refractivity contribution in [3.63, 3.8) is 0 Å². The molecule has 1 saturated heterocycles. The van der Waals surface area contributed by atoms with Crippen molar-refractivity contribution in [2.45, 2.75) is 6.92 Å². The van der Waals surface area contributed by atoms with Gasteiger partial charge in [-0.05, 0) is 78.9 Å². The summed E-state index contributed by atoms with van der Waals surface area (Å²) in [7, 11) is 0. The predicted octanol–water partition coefficient (Wildman–Crippen LogP) is 4.83. The topological polar surface area (TPSA) is 105 Å². The maximum atomic E-state index is 13.0. The molecule has 1 fully saturated rings. The molecule has 8 nitrogen and oxygen atoms in total. The van der Waals surface area contributed by atoms with Gasteiger partial charge in [0.2, 0.25) is 5.91 Å². The number of carbonyl (C=O) groups excluding carboxylic acids is 4. The Bertz CT molecular complexity index is 1360. The zero-order valence-corrected chi connectivity index (χ0v) is 20.5. The first-order chi connectivity index (χ1) is 17.8. The third kappa shape index (κ3) is 7.05. The average Bonchev–Trinajstić information content (AvgIpc) is 3.13. The molecular formula is C27H22FN3O5S. The van der Waals surface area contributed by atoms with E-state index in [2.05, 4.69) is 10.6 Å². The number of hydrogen-bond donors (Lipinski definition) is 2. The molecule has 4 amide bonds. The molecule has 0 radical (unpaired) electrons. The van der Waals surface area contributed by atoms with Gasteiger partial charge in [-0.1, -0.05) is 29.8 Å². The first kappa shape index (κ1) is 25.6. The van der Waals surface area contributed by atoms with E-state index in [4.69, 9.17) is 4.74 Å². The first-order valence-electron chi connectivity index (χ1n) is 11.2. The van der Waals surface area contributed by atoms with Crippen LogP contribution in [0, 0.1) is 12.7 Å². The third-order valence-electron chi connectivity index (χ3n) is 5.19. The van der Waals surface area contributed by atoms with Crippen molar-refractivity contribution < 1.29 is 28.3 Å². The van der Waals surface area contributed by atoms with Gasteiger partial charge in [0.05, 0.1) is 4.91 Å². The lowest BCUT2D eigenvalue weighted by molar-refractivity contribution is -0.127. The smallest absolute Gasteiger partial charge is 0.294 e. The molecule has 1 heterocycles. The van der Waals surface area contributed by atoms with Crippen LogP contribution in [0.25, 0.3) is 6.08 Å². The number of halogens is 1. The van der Waals surface area contributed by atoms with Crippen molar-refractivity contribution in [3.05, 3.63) is 94.6 Å². The van der Waals surface area contributed by atoms with Gasteiger partial charge in [0, 0.05) is 11.4 Å². The molecular weight excluding hydrogens is 497 g/mol. The highest BCUT2D eigenvalue weighted by atomic mass is 32.2. The van der Waals surface area contributed by atoms with Crippen molar-refractivity contribution in [1.82, 2.24) is 4.90 Å². The highest BCUT2D eigenvalue weighted by Crippen LogP contribution is 2.32. The highest BCUT2D eigenvalue weighted by molar-refractivity contribution is 8.18. The van der Waals surface area contributed by atoms with Gasteiger partial charge in [0.1, 0.15) is 18.1 Å². The normalized spacial score (nSPS) is 14.1. The van der Waals surface area contributed by atoms with Crippen molar-refractivity contribution in [2.75, 3.05) is 23.8 Å². The summed E-state index contributed by atoms with van der Waals surface area (Å²) in [5.41, 5.74) is 2.71. The number of carbonyl (C=O) groups is 4. The van der Waals surface area contributed by atoms with Gasteiger partial charge in [-0.15, -0.1) is 0 Å². The Kier molecular flexibility index (Phi) is 7.99. The SMILES string of the molecule is Cc1ccc(NC(=O)CN2C(=O)S/C(=C/c3ccc(OCC(=O)Nc4ccc(F)cc4)cc3)C2=O)cc1. The predicted molar refractivity (Wildman–Crippen MR) is 139 cm³/mol. The number of nitrogens with zero attached hydrogens (tertiary/aromatic N) is 1. The lowest BCUT2D eigenvalue weighted by atomic mass is 10.2. The number of anilines is 2. The standard InChI is InChI=1S/C27H22FN3O5S/c1-17-2-8-20(9-3-17)29-24(32)15-31-26(34)23(37-27(31)35)14-18-4-12-22(13-5-18)36-16-25(33)30-21-10-6-19(28)7-11-21/h2-14H,15-16H2,1H3,(H,29,32)(H,30,33)/b23-14+. The van der Waals surface area contributed by atoms with Crippen LogP contribution in [0.5, 0.6) is 5.75 Å². The molecule has 3 aromatic rings. The van der Waals surface area contributed by atoms with E-state index in [1.54, 1.807) is 42.5 Å². The number of nitrogens with one attached hydrogen (secondary N) is 2. The summed E-state index contributed by atoms with van der Waals surface area (Å²) in [5.74, 6) is -1.41. The van der Waals surface area contributed by atoms with Crippen molar-refractivity contribution >= 4 is 52.2 Å². The fourth-order valence-electron chi connectivity index (χ4n) is 3.31. The Hall–Kier alpha value is -4.44. The molecule has 0 atom stereocenters. The number of amides is 4. The zero-order chi connectivity index (χ0) is 26.4. The molecule has 3 aromatic carbocycles. The molecule has 4 rings (SSSR count). The van der Waals surface area contributed by atoms with Gasteiger partial charge in [-0.25, -0.2) is 4.39 Å². The van der Waals surface area contributed by atoms with E-state index in [0.29, 0.717) is 22.7 Å². The van der Waals surface area contributed by atoms with Gasteiger partial charge < -0.3 is 15.4 Å². The molecule has 0 unspecified atom stereocenters. The molecule has 0 aromatic heterocycles. The van der Waals surface area contributed by atoms with Gasteiger partial charge >= 0.3 is 0 Å². The van der Waals surface area contributed by atoms with Gasteiger partial charge in [0.25, 0.3) is 17.1 Å². The van der Waals surface area contributed by atoms with Crippen molar-refractivity contribution in [2.24, 2.45) is 0 Å². The quantitative estimate of drug-likeness (QED) is 0.413. The number of rotatable bonds is 8. The van der Waals surface area contributed by atoms with E-state index in [9.17, 15) is 23.6 Å². The lowest BCUT2D eigenvalue weighted by Gasteiger charge is -2.12. The Morgan fingerprint density at radius 1 is 0.892 bits per heavy atom. The summed E-state index contributed by atoms with van der Waals surface area (Å²) in [6.07, 6.45) is 1.55. The molecule has 10 heteroatoms. The summed E-state index contributed by atoms with van der Waals surface area (Å²) in [4.78, 5) is 50.5. The average molecular weight is 520 g/mol. The number of imide groups is 1. The van der Waals surface area contributed by atoms with Crippen LogP contribution in [-0.2, 0) is 14.4 Å². The van der Waals surface area contributed by atoms with Crippen molar-refractivity contribution in [3.8, 4) is 5.75 Å². The lowest BCUT2D eigenvalue weighted by Crippen LogP contribution is -2.36. The van der Waals surface area contributed by atoms with E-state index in [0.717, 1.165) is 22.2 Å². The number of aryl methyl sites for hydroxylation is 1. The largest absolute Gasteiger partial charge is 0.484 e. The van der Waals surface area contributed by atoms with Crippen LogP contribution in [0.15, 0.2) is 77.7 Å². The molecule has 2 N–H and O–H groups in total. The van der Waals surface area contributed by atoms with E-state index in [1.807, 2.05) is 19.1 Å². The van der Waals surface area contributed by atoms with Crippen LogP contribution >= 0.6 is 11.8 Å². The Balaban J connectivity index is 1.30. The number of benzene rings is 3. The monoisotopic (exact) mass is 519 g/mol. The number of thioether (sulfide) groups is 1. The second-order valence-corrected chi connectivity index (χ2v) is 9.09. The van der Waals surface area contributed by atoms with E-state index in [1.165, 1.54) is 24.3 Å². The fourth-order valence-corrected chi connectivity index (χ4v) is 4.15. The second-order valence-electron chi connectivity index (χ2n) is 8.09. The molecule has 1 aliphatic rings. The molecule has 0 saturated carbocycles. The number of ether oxygens (including phenoxy) is 1. The van der Waals surface area contributed by atoms with Crippen LogP contribution < -0.4 is 15.4 Å². The molecule has 1 aliphatic heterocycles. The Morgan fingerprint density at radius 3 is 2.14 bits per heavy atom. The summed E-state index contributed by atoms with van der Waals surface area (Å²) >= 11 is 0.758. The van der Waals surface area contributed by atoms with Crippen molar-refractivity contribution in [1.29, 1.82) is 0 Å². The van der Waals surface area contributed by atoms with Crippen LogP contribution in [0.3, 0.4) is 0 Å². The van der Waals surface area contributed by atoms with Gasteiger partial charge in [-0.2, -0.15) is 0 Å². The minimum absolute atomic E-state index is 0.195. The van der Waals surface area contributed by atoms with Crippen LogP contribution in [0.2, 0.25) is 0 Å². The highest BCUT2D eigenvalue weighted by Gasteiger charge is 2.36.